The molecule has 2 amide bonds. The van der Waals surface area contributed by atoms with E-state index in [0.717, 1.165) is 18.6 Å². The summed E-state index contributed by atoms with van der Waals surface area (Å²) in [4.78, 5) is 25.0. The van der Waals surface area contributed by atoms with Crippen LogP contribution in [-0.2, 0) is 4.79 Å². The van der Waals surface area contributed by atoms with Gasteiger partial charge in [0.15, 0.2) is 6.61 Å². The highest BCUT2D eigenvalue weighted by Crippen LogP contribution is 2.63. The maximum Gasteiger partial charge on any atom is 0.275 e. The Bertz CT molecular complexity index is 1080. The molecule has 6 nitrogen and oxygen atoms in total. The molecule has 2 atom stereocenters. The summed E-state index contributed by atoms with van der Waals surface area (Å²) in [5, 5.41) is 6.95. The third kappa shape index (κ3) is 3.87. The minimum atomic E-state index is -0.530. The number of hydrogen-bond donors (Lipinski definition) is 2. The molecule has 0 spiro atoms. The van der Waals surface area contributed by atoms with Crippen molar-refractivity contribution in [2.45, 2.75) is 40.0 Å². The van der Waals surface area contributed by atoms with Gasteiger partial charge in [0.1, 0.15) is 11.6 Å². The fourth-order valence-corrected chi connectivity index (χ4v) is 4.95. The van der Waals surface area contributed by atoms with Crippen molar-refractivity contribution in [3.05, 3.63) is 59.9 Å². The minimum Gasteiger partial charge on any atom is -0.483 e. The molecule has 2 bridgehead atoms. The standard InChI is InChI=1S/C25H28FN3O3/c1-24(2)16-12-13-25(24,3)21(14-16)28-29-23(31)17-8-4-7-11-20(17)32-15-22(30)27-19-10-6-5-9-18(19)26/h4-11,16H,12-15H2,1-3H3,(H,27,30)(H,29,31). The van der Waals surface area contributed by atoms with Crippen molar-refractivity contribution in [3.8, 4) is 5.75 Å². The third-order valence-corrected chi connectivity index (χ3v) is 7.44. The summed E-state index contributed by atoms with van der Waals surface area (Å²) < 4.78 is 19.3. The second-order valence-corrected chi connectivity index (χ2v) is 9.31. The summed E-state index contributed by atoms with van der Waals surface area (Å²) in [6.45, 7) is 6.44. The fraction of sp³-hybridized carbons (Fsp3) is 0.400. The van der Waals surface area contributed by atoms with Crippen molar-refractivity contribution in [3.63, 3.8) is 0 Å². The van der Waals surface area contributed by atoms with Crippen LogP contribution in [0.4, 0.5) is 10.1 Å². The first kappa shape index (κ1) is 22.0. The van der Waals surface area contributed by atoms with Gasteiger partial charge in [-0.2, -0.15) is 5.10 Å². The van der Waals surface area contributed by atoms with Crippen LogP contribution in [-0.4, -0.2) is 24.1 Å². The smallest absolute Gasteiger partial charge is 0.275 e. The van der Waals surface area contributed by atoms with Gasteiger partial charge >= 0.3 is 0 Å². The average molecular weight is 438 g/mol. The number of nitrogens with zero attached hydrogens (tertiary/aromatic N) is 1. The first-order valence-electron chi connectivity index (χ1n) is 10.9. The number of carbonyl (C=O) groups is 2. The Morgan fingerprint density at radius 2 is 1.84 bits per heavy atom. The van der Waals surface area contributed by atoms with E-state index in [1.54, 1.807) is 30.3 Å². The molecule has 7 heteroatoms. The molecule has 2 aliphatic carbocycles. The second kappa shape index (κ2) is 8.37. The zero-order valence-electron chi connectivity index (χ0n) is 18.6. The van der Waals surface area contributed by atoms with Crippen molar-refractivity contribution in [1.82, 2.24) is 5.43 Å². The summed E-state index contributed by atoms with van der Waals surface area (Å²) in [7, 11) is 0. The number of hydrogen-bond acceptors (Lipinski definition) is 4. The van der Waals surface area contributed by atoms with Gasteiger partial charge in [0.25, 0.3) is 11.8 Å². The molecule has 0 aromatic heterocycles. The molecule has 2 fully saturated rings. The molecule has 2 aliphatic rings. The van der Waals surface area contributed by atoms with Gasteiger partial charge in [-0.3, -0.25) is 9.59 Å². The Morgan fingerprint density at radius 3 is 2.53 bits per heavy atom. The topological polar surface area (TPSA) is 79.8 Å². The molecule has 0 saturated heterocycles. The normalized spacial score (nSPS) is 24.4. The number of ether oxygens (including phenoxy) is 1. The summed E-state index contributed by atoms with van der Waals surface area (Å²) in [6, 6.07) is 12.5. The third-order valence-electron chi connectivity index (χ3n) is 7.44. The van der Waals surface area contributed by atoms with Gasteiger partial charge in [0.05, 0.1) is 11.3 Å². The van der Waals surface area contributed by atoms with E-state index >= 15 is 0 Å². The lowest BCUT2D eigenvalue weighted by Gasteiger charge is -2.34. The SMILES string of the molecule is CC12CCC(CC1=NNC(=O)c1ccccc1OCC(=O)Nc1ccccc1F)C2(C)C. The Balaban J connectivity index is 1.41. The number of hydrazone groups is 1. The van der Waals surface area contributed by atoms with Crippen molar-refractivity contribution >= 4 is 23.2 Å². The molecule has 2 saturated carbocycles. The highest BCUT2D eigenvalue weighted by atomic mass is 19.1. The van der Waals surface area contributed by atoms with E-state index in [1.165, 1.54) is 24.6 Å². The van der Waals surface area contributed by atoms with Crippen LogP contribution in [0.1, 0.15) is 50.4 Å². The number of nitrogens with one attached hydrogen (secondary N) is 2. The van der Waals surface area contributed by atoms with Gasteiger partial charge in [0.2, 0.25) is 0 Å². The lowest BCUT2D eigenvalue weighted by atomic mass is 9.70. The zero-order valence-corrected chi connectivity index (χ0v) is 18.6. The molecule has 0 heterocycles. The predicted octanol–water partition coefficient (Wildman–Crippen LogP) is 4.78. The van der Waals surface area contributed by atoms with E-state index in [1.807, 2.05) is 0 Å². The fourth-order valence-electron chi connectivity index (χ4n) is 4.95. The Morgan fingerprint density at radius 1 is 1.12 bits per heavy atom. The lowest BCUT2D eigenvalue weighted by Crippen LogP contribution is -2.34. The maximum atomic E-state index is 13.7. The Labute approximate surface area is 187 Å². The van der Waals surface area contributed by atoms with E-state index in [2.05, 4.69) is 36.6 Å². The van der Waals surface area contributed by atoms with Gasteiger partial charge in [0, 0.05) is 11.1 Å². The number of fused-ring (bicyclic) bond motifs is 2. The first-order chi connectivity index (χ1) is 15.2. The first-order valence-corrected chi connectivity index (χ1v) is 10.9. The number of anilines is 1. The van der Waals surface area contributed by atoms with Crippen LogP contribution in [0.5, 0.6) is 5.75 Å². The molecule has 2 unspecified atom stereocenters. The van der Waals surface area contributed by atoms with E-state index in [0.29, 0.717) is 5.92 Å². The van der Waals surface area contributed by atoms with Crippen LogP contribution in [0.2, 0.25) is 0 Å². The molecule has 2 aromatic rings. The van der Waals surface area contributed by atoms with Crippen molar-refractivity contribution < 1.29 is 18.7 Å². The molecule has 2 N–H and O–H groups in total. The largest absolute Gasteiger partial charge is 0.483 e. The van der Waals surface area contributed by atoms with Crippen LogP contribution in [0, 0.1) is 22.6 Å². The van der Waals surface area contributed by atoms with E-state index < -0.39 is 17.6 Å². The monoisotopic (exact) mass is 437 g/mol. The number of benzene rings is 2. The maximum absolute atomic E-state index is 13.7. The zero-order chi connectivity index (χ0) is 22.9. The summed E-state index contributed by atoms with van der Waals surface area (Å²) in [5.74, 6) is -0.605. The van der Waals surface area contributed by atoms with Gasteiger partial charge < -0.3 is 10.1 Å². The van der Waals surface area contributed by atoms with Crippen LogP contribution in [0.3, 0.4) is 0 Å². The quantitative estimate of drug-likeness (QED) is 0.639. The van der Waals surface area contributed by atoms with Crippen molar-refractivity contribution in [1.29, 1.82) is 0 Å². The summed E-state index contributed by atoms with van der Waals surface area (Å²) in [5.41, 5.74) is 4.24. The molecule has 4 rings (SSSR count). The Hall–Kier alpha value is -3.22. The van der Waals surface area contributed by atoms with Crippen molar-refractivity contribution in [2.24, 2.45) is 21.8 Å². The number of carbonyl (C=O) groups excluding carboxylic acids is 2. The van der Waals surface area contributed by atoms with Crippen LogP contribution >= 0.6 is 0 Å². The van der Waals surface area contributed by atoms with Gasteiger partial charge in [-0.1, -0.05) is 45.0 Å². The number of rotatable bonds is 6. The highest BCUT2D eigenvalue weighted by Gasteiger charge is 2.60. The molecular formula is C25H28FN3O3. The van der Waals surface area contributed by atoms with E-state index in [4.69, 9.17) is 4.74 Å². The minimum absolute atomic E-state index is 0.00817. The van der Waals surface area contributed by atoms with Gasteiger partial charge in [-0.15, -0.1) is 0 Å². The van der Waals surface area contributed by atoms with Gasteiger partial charge in [-0.25, -0.2) is 9.82 Å². The molecule has 0 radical (unpaired) electrons. The number of para-hydroxylation sites is 2. The average Bonchev–Trinajstić information content (AvgIpc) is 3.11. The van der Waals surface area contributed by atoms with E-state index in [9.17, 15) is 14.0 Å². The van der Waals surface area contributed by atoms with Crippen LogP contribution in [0.15, 0.2) is 53.6 Å². The molecular weight excluding hydrogens is 409 g/mol. The molecule has 0 aliphatic heterocycles. The predicted molar refractivity (Wildman–Crippen MR) is 121 cm³/mol. The van der Waals surface area contributed by atoms with E-state index in [-0.39, 0.29) is 34.4 Å². The lowest BCUT2D eigenvalue weighted by molar-refractivity contribution is -0.118. The highest BCUT2D eigenvalue weighted by molar-refractivity contribution is 6.00. The van der Waals surface area contributed by atoms with Gasteiger partial charge in [-0.05, 0) is 54.9 Å². The summed E-state index contributed by atoms with van der Waals surface area (Å²) in [6.07, 6.45) is 3.18. The van der Waals surface area contributed by atoms with Crippen LogP contribution < -0.4 is 15.5 Å². The number of amides is 2. The molecule has 32 heavy (non-hydrogen) atoms. The molecule has 168 valence electrons. The number of halogens is 1. The van der Waals surface area contributed by atoms with Crippen LogP contribution in [0.25, 0.3) is 0 Å². The van der Waals surface area contributed by atoms with Crippen molar-refractivity contribution in [2.75, 3.05) is 11.9 Å². The summed E-state index contributed by atoms with van der Waals surface area (Å²) >= 11 is 0. The second-order valence-electron chi connectivity index (χ2n) is 9.31. The Kier molecular flexibility index (Phi) is 5.75. The molecule has 2 aromatic carbocycles.